The smallest absolute Gasteiger partial charge is 0.266 e. The van der Waals surface area contributed by atoms with Crippen LogP contribution in [0.5, 0.6) is 5.75 Å². The maximum absolute atomic E-state index is 14.7. The van der Waals surface area contributed by atoms with Crippen molar-refractivity contribution in [1.82, 2.24) is 19.9 Å². The van der Waals surface area contributed by atoms with Crippen molar-refractivity contribution in [3.63, 3.8) is 0 Å². The first-order valence-electron chi connectivity index (χ1n) is 12.1. The van der Waals surface area contributed by atoms with E-state index < -0.39 is 28.5 Å². The Morgan fingerprint density at radius 1 is 1.21 bits per heavy atom. The first kappa shape index (κ1) is 25.4. The summed E-state index contributed by atoms with van der Waals surface area (Å²) in [4.78, 5) is 23.2. The average molecular weight is 518 g/mol. The molecule has 4 aromatic rings. The molecule has 38 heavy (non-hydrogen) atoms. The van der Waals surface area contributed by atoms with E-state index in [4.69, 9.17) is 9.72 Å². The Hall–Kier alpha value is -4.20. The number of aliphatic hydroxyl groups is 1. The molecule has 8 nitrogen and oxygen atoms in total. The van der Waals surface area contributed by atoms with Crippen molar-refractivity contribution < 1.29 is 18.6 Å². The molecule has 1 unspecified atom stereocenters. The van der Waals surface area contributed by atoms with E-state index in [0.29, 0.717) is 41.1 Å². The fourth-order valence-electron chi connectivity index (χ4n) is 4.77. The van der Waals surface area contributed by atoms with Gasteiger partial charge >= 0.3 is 0 Å². The Kier molecular flexibility index (Phi) is 6.42. The Balaban J connectivity index is 1.82. The number of benzene rings is 2. The lowest BCUT2D eigenvalue weighted by Crippen LogP contribution is -2.29. The van der Waals surface area contributed by atoms with Crippen LogP contribution in [0.15, 0.2) is 47.4 Å². The van der Waals surface area contributed by atoms with Crippen LogP contribution < -0.4 is 15.6 Å². The van der Waals surface area contributed by atoms with E-state index in [-0.39, 0.29) is 22.7 Å². The van der Waals surface area contributed by atoms with E-state index in [2.05, 4.69) is 16.4 Å². The van der Waals surface area contributed by atoms with Crippen molar-refractivity contribution in [3.8, 4) is 28.6 Å². The number of hydrogen-bond acceptors (Lipinski definition) is 7. The molecule has 0 spiro atoms. The number of fused-ring (bicyclic) bond motifs is 1. The number of halogens is 2. The van der Waals surface area contributed by atoms with Gasteiger partial charge in [0.15, 0.2) is 17.4 Å². The van der Waals surface area contributed by atoms with Gasteiger partial charge in [-0.05, 0) is 51.4 Å². The third-order valence-corrected chi connectivity index (χ3v) is 6.65. The summed E-state index contributed by atoms with van der Waals surface area (Å²) in [6, 6.07) is 10.3. The van der Waals surface area contributed by atoms with Gasteiger partial charge < -0.3 is 15.2 Å². The topological polar surface area (TPSA) is 113 Å². The van der Waals surface area contributed by atoms with Gasteiger partial charge in [0.2, 0.25) is 0 Å². The highest BCUT2D eigenvalue weighted by Crippen LogP contribution is 2.33. The van der Waals surface area contributed by atoms with Gasteiger partial charge in [-0.15, -0.1) is 0 Å². The first-order valence-corrected chi connectivity index (χ1v) is 12.1. The highest BCUT2D eigenvalue weighted by molar-refractivity contribution is 5.94. The van der Waals surface area contributed by atoms with Gasteiger partial charge in [0.25, 0.3) is 5.56 Å². The minimum atomic E-state index is -1.15. The molecule has 1 fully saturated rings. The number of aromatic nitrogens is 3. The molecule has 194 valence electrons. The molecule has 0 bridgehead atoms. The summed E-state index contributed by atoms with van der Waals surface area (Å²) in [5, 5.41) is 23.4. The molecule has 1 aliphatic heterocycles. The lowest BCUT2D eigenvalue weighted by atomic mass is 9.98. The summed E-state index contributed by atoms with van der Waals surface area (Å²) in [5.74, 6) is -2.16. The molecule has 3 heterocycles. The van der Waals surface area contributed by atoms with E-state index in [1.165, 1.54) is 10.6 Å². The molecule has 2 aromatic heterocycles. The summed E-state index contributed by atoms with van der Waals surface area (Å²) < 4.78 is 35.4. The fourth-order valence-corrected chi connectivity index (χ4v) is 4.77. The normalized spacial score (nSPS) is 15.6. The second-order valence-corrected chi connectivity index (χ2v) is 9.73. The second kappa shape index (κ2) is 9.59. The summed E-state index contributed by atoms with van der Waals surface area (Å²) >= 11 is 0. The highest BCUT2D eigenvalue weighted by Gasteiger charge is 2.27. The zero-order valence-electron chi connectivity index (χ0n) is 21.0. The maximum Gasteiger partial charge on any atom is 0.266 e. The predicted molar refractivity (Wildman–Crippen MR) is 137 cm³/mol. The van der Waals surface area contributed by atoms with E-state index in [1.54, 1.807) is 38.2 Å². The van der Waals surface area contributed by atoms with Crippen LogP contribution in [0.25, 0.3) is 27.7 Å². The molecule has 1 aliphatic rings. The number of methoxy groups -OCH3 is 1. The van der Waals surface area contributed by atoms with Crippen LogP contribution in [0.1, 0.15) is 49.8 Å². The van der Waals surface area contributed by atoms with Crippen molar-refractivity contribution in [2.24, 2.45) is 0 Å². The van der Waals surface area contributed by atoms with Crippen molar-refractivity contribution >= 4 is 10.9 Å². The Labute approximate surface area is 217 Å². The number of nitrogens with one attached hydrogen (secondary N) is 1. The average Bonchev–Trinajstić information content (AvgIpc) is 3.42. The standard InChI is InChI=1S/C28H25F2N5O3/c1-28(2,37)23-7-6-16(14-33-23)18-9-15(13-31)10-19-24(18)34-26(22-5-4-8-32-22)35(27(19)36)17-11-20(29)25(38-3)21(30)12-17/h6-7,9-12,14,22,32,37H,4-5,8H2,1-3H3. The number of rotatable bonds is 5. The van der Waals surface area contributed by atoms with Crippen LogP contribution in [0.3, 0.4) is 0 Å². The van der Waals surface area contributed by atoms with Crippen LogP contribution in [-0.2, 0) is 5.60 Å². The fraction of sp³-hybridized carbons (Fsp3) is 0.286. The Bertz CT molecular complexity index is 1620. The molecular weight excluding hydrogens is 492 g/mol. The third-order valence-electron chi connectivity index (χ3n) is 6.65. The molecule has 2 N–H and O–H groups in total. The SMILES string of the molecule is COc1c(F)cc(-n2c(C3CCCN3)nc3c(-c4ccc(C(C)(C)O)nc4)cc(C#N)cc3c2=O)cc1F. The van der Waals surface area contributed by atoms with Crippen molar-refractivity contribution in [2.75, 3.05) is 13.7 Å². The zero-order valence-corrected chi connectivity index (χ0v) is 21.0. The van der Waals surface area contributed by atoms with Gasteiger partial charge in [0.05, 0.1) is 47.1 Å². The van der Waals surface area contributed by atoms with E-state index >= 15 is 0 Å². The third kappa shape index (κ3) is 4.40. The number of pyridine rings is 1. The van der Waals surface area contributed by atoms with Crippen LogP contribution in [0.2, 0.25) is 0 Å². The van der Waals surface area contributed by atoms with Gasteiger partial charge in [-0.2, -0.15) is 5.26 Å². The van der Waals surface area contributed by atoms with Crippen LogP contribution in [0, 0.1) is 23.0 Å². The van der Waals surface area contributed by atoms with Gasteiger partial charge in [-0.25, -0.2) is 13.8 Å². The zero-order chi connectivity index (χ0) is 27.2. The van der Waals surface area contributed by atoms with Crippen LogP contribution in [0.4, 0.5) is 8.78 Å². The minimum absolute atomic E-state index is 0.0380. The molecule has 0 saturated carbocycles. The highest BCUT2D eigenvalue weighted by atomic mass is 19.1. The van der Waals surface area contributed by atoms with Gasteiger partial charge in [-0.1, -0.05) is 6.07 Å². The molecular formula is C28H25F2N5O3. The van der Waals surface area contributed by atoms with Crippen LogP contribution >= 0.6 is 0 Å². The van der Waals surface area contributed by atoms with E-state index in [1.807, 2.05) is 0 Å². The van der Waals surface area contributed by atoms with Crippen LogP contribution in [-0.4, -0.2) is 33.3 Å². The predicted octanol–water partition coefficient (Wildman–Crippen LogP) is 4.26. The molecule has 0 radical (unpaired) electrons. The molecule has 5 rings (SSSR count). The van der Waals surface area contributed by atoms with Crippen molar-refractivity contribution in [2.45, 2.75) is 38.3 Å². The van der Waals surface area contributed by atoms with Gasteiger partial charge in [-0.3, -0.25) is 14.3 Å². The molecule has 0 amide bonds. The lowest BCUT2D eigenvalue weighted by Gasteiger charge is -2.20. The number of hydrogen-bond donors (Lipinski definition) is 2. The molecule has 1 atom stereocenters. The summed E-state index contributed by atoms with van der Waals surface area (Å²) in [6.07, 6.45) is 3.07. The largest absolute Gasteiger partial charge is 0.491 e. The van der Waals surface area contributed by atoms with Crippen molar-refractivity contribution in [1.29, 1.82) is 5.26 Å². The monoisotopic (exact) mass is 517 g/mol. The first-order chi connectivity index (χ1) is 18.1. The Morgan fingerprint density at radius 2 is 1.95 bits per heavy atom. The Morgan fingerprint density at radius 3 is 2.50 bits per heavy atom. The summed E-state index contributed by atoms with van der Waals surface area (Å²) in [7, 11) is 1.16. The van der Waals surface area contributed by atoms with Gasteiger partial charge in [0, 0.05) is 29.5 Å². The molecule has 10 heteroatoms. The second-order valence-electron chi connectivity index (χ2n) is 9.73. The summed E-state index contributed by atoms with van der Waals surface area (Å²) in [6.45, 7) is 3.94. The van der Waals surface area contributed by atoms with E-state index in [0.717, 1.165) is 25.7 Å². The molecule has 1 saturated heterocycles. The van der Waals surface area contributed by atoms with Crippen molar-refractivity contribution in [3.05, 3.63) is 81.7 Å². The van der Waals surface area contributed by atoms with E-state index in [9.17, 15) is 23.9 Å². The molecule has 0 aliphatic carbocycles. The number of nitriles is 1. The molecule has 2 aromatic carbocycles. The number of ether oxygens (including phenoxy) is 1. The minimum Gasteiger partial charge on any atom is -0.491 e. The van der Waals surface area contributed by atoms with Gasteiger partial charge in [0.1, 0.15) is 11.4 Å². The maximum atomic E-state index is 14.7. The lowest BCUT2D eigenvalue weighted by molar-refractivity contribution is 0.0739. The number of nitrogens with zero attached hydrogens (tertiary/aromatic N) is 4. The quantitative estimate of drug-likeness (QED) is 0.407. The summed E-state index contributed by atoms with van der Waals surface area (Å²) in [5.41, 5.74) is 0.346.